The molecule has 0 aromatic heterocycles. The molecule has 1 amide bonds. The van der Waals surface area contributed by atoms with Gasteiger partial charge in [0.2, 0.25) is 0 Å². The third-order valence-corrected chi connectivity index (χ3v) is 4.97. The Morgan fingerprint density at radius 3 is 2.50 bits per heavy atom. The molecule has 0 spiro atoms. The van der Waals surface area contributed by atoms with Crippen molar-refractivity contribution in [2.24, 2.45) is 5.92 Å². The molecule has 0 bridgehead atoms. The van der Waals surface area contributed by atoms with Crippen molar-refractivity contribution in [3.63, 3.8) is 0 Å². The maximum absolute atomic E-state index is 12.6. The third kappa shape index (κ3) is 3.97. The van der Waals surface area contributed by atoms with Gasteiger partial charge in [-0.15, -0.1) is 0 Å². The van der Waals surface area contributed by atoms with Gasteiger partial charge in [0.25, 0.3) is 5.91 Å². The molecule has 2 aromatic carbocycles. The fourth-order valence-corrected chi connectivity index (χ4v) is 3.43. The van der Waals surface area contributed by atoms with Crippen molar-refractivity contribution in [3.05, 3.63) is 65.2 Å². The second-order valence-corrected chi connectivity index (χ2v) is 6.78. The van der Waals surface area contributed by atoms with Crippen LogP contribution in [0.3, 0.4) is 0 Å². The van der Waals surface area contributed by atoms with Crippen molar-refractivity contribution < 1.29 is 9.90 Å². The Bertz CT molecular complexity index is 688. The van der Waals surface area contributed by atoms with Crippen molar-refractivity contribution in [3.8, 4) is 5.75 Å². The first-order valence-electron chi connectivity index (χ1n) is 8.76. The quantitative estimate of drug-likeness (QED) is 0.916. The van der Waals surface area contributed by atoms with Gasteiger partial charge in [0.05, 0.1) is 5.56 Å². The number of nitrogens with zero attached hydrogens (tertiary/aromatic N) is 1. The molecule has 0 radical (unpaired) electrons. The van der Waals surface area contributed by atoms with Crippen LogP contribution in [0, 0.1) is 12.8 Å². The summed E-state index contributed by atoms with van der Waals surface area (Å²) in [6, 6.07) is 15.8. The van der Waals surface area contributed by atoms with E-state index >= 15 is 0 Å². The van der Waals surface area contributed by atoms with E-state index in [1.54, 1.807) is 12.1 Å². The number of benzene rings is 2. The second-order valence-electron chi connectivity index (χ2n) is 6.78. The summed E-state index contributed by atoms with van der Waals surface area (Å²) in [5.74, 6) is 0.723. The fourth-order valence-electron chi connectivity index (χ4n) is 3.43. The van der Waals surface area contributed by atoms with Crippen LogP contribution in [0.2, 0.25) is 0 Å². The number of aryl methyl sites for hydroxylation is 2. The van der Waals surface area contributed by atoms with Crippen molar-refractivity contribution in [2.75, 3.05) is 13.1 Å². The lowest BCUT2D eigenvalue weighted by atomic mass is 9.90. The van der Waals surface area contributed by atoms with Gasteiger partial charge in [-0.05, 0) is 61.8 Å². The van der Waals surface area contributed by atoms with Crippen molar-refractivity contribution >= 4 is 5.91 Å². The standard InChI is InChI=1S/C21H25NO2/c1-16-7-10-19(20(23)15-16)21(24)22-13-11-18(12-14-22)9-8-17-5-3-2-4-6-17/h2-7,10,15,18,23H,8-9,11-14H2,1H3. The molecular formula is C21H25NO2. The summed E-state index contributed by atoms with van der Waals surface area (Å²) in [5, 5.41) is 10.0. The molecule has 1 N–H and O–H groups in total. The molecule has 3 heteroatoms. The van der Waals surface area contributed by atoms with Crippen LogP contribution >= 0.6 is 0 Å². The Morgan fingerprint density at radius 1 is 1.12 bits per heavy atom. The van der Waals surface area contributed by atoms with E-state index in [1.165, 1.54) is 12.0 Å². The molecule has 24 heavy (non-hydrogen) atoms. The summed E-state index contributed by atoms with van der Waals surface area (Å²) < 4.78 is 0. The molecule has 0 saturated carbocycles. The average Bonchev–Trinajstić information content (AvgIpc) is 2.61. The van der Waals surface area contributed by atoms with Crippen LogP contribution in [0.1, 0.15) is 40.7 Å². The van der Waals surface area contributed by atoms with Crippen LogP contribution in [0.5, 0.6) is 5.75 Å². The number of piperidine rings is 1. The molecule has 1 aliphatic heterocycles. The molecule has 0 aliphatic carbocycles. The monoisotopic (exact) mass is 323 g/mol. The van der Waals surface area contributed by atoms with E-state index in [2.05, 4.69) is 24.3 Å². The number of carbonyl (C=O) groups is 1. The van der Waals surface area contributed by atoms with Gasteiger partial charge in [-0.3, -0.25) is 4.79 Å². The first-order valence-corrected chi connectivity index (χ1v) is 8.76. The lowest BCUT2D eigenvalue weighted by Gasteiger charge is -2.32. The molecule has 1 heterocycles. The molecule has 1 saturated heterocycles. The molecular weight excluding hydrogens is 298 g/mol. The maximum atomic E-state index is 12.6. The highest BCUT2D eigenvalue weighted by Gasteiger charge is 2.24. The SMILES string of the molecule is Cc1ccc(C(=O)N2CCC(CCc3ccccc3)CC2)c(O)c1. The van der Waals surface area contributed by atoms with Crippen LogP contribution in [0.4, 0.5) is 0 Å². The summed E-state index contributed by atoms with van der Waals surface area (Å²) in [6.45, 7) is 3.48. The molecule has 3 rings (SSSR count). The average molecular weight is 323 g/mol. The van der Waals surface area contributed by atoms with E-state index in [4.69, 9.17) is 0 Å². The number of hydrogen-bond acceptors (Lipinski definition) is 2. The summed E-state index contributed by atoms with van der Waals surface area (Å²) >= 11 is 0. The number of carbonyl (C=O) groups excluding carboxylic acids is 1. The summed E-state index contributed by atoms with van der Waals surface area (Å²) in [5.41, 5.74) is 2.77. The van der Waals surface area contributed by atoms with E-state index in [-0.39, 0.29) is 11.7 Å². The maximum Gasteiger partial charge on any atom is 0.257 e. The van der Waals surface area contributed by atoms with E-state index in [0.29, 0.717) is 11.5 Å². The Balaban J connectivity index is 1.52. The molecule has 126 valence electrons. The summed E-state index contributed by atoms with van der Waals surface area (Å²) in [7, 11) is 0. The predicted octanol–water partition coefficient (Wildman–Crippen LogP) is 4.19. The number of rotatable bonds is 4. The third-order valence-electron chi connectivity index (χ3n) is 4.97. The minimum Gasteiger partial charge on any atom is -0.507 e. The van der Waals surface area contributed by atoms with Crippen LogP contribution < -0.4 is 0 Å². The topological polar surface area (TPSA) is 40.5 Å². The largest absolute Gasteiger partial charge is 0.507 e. The first-order chi connectivity index (χ1) is 11.6. The molecule has 0 unspecified atom stereocenters. The van der Waals surface area contributed by atoms with Crippen LogP contribution in [-0.4, -0.2) is 29.0 Å². The zero-order valence-electron chi connectivity index (χ0n) is 14.2. The minimum absolute atomic E-state index is 0.0472. The highest BCUT2D eigenvalue weighted by molar-refractivity contribution is 5.96. The van der Waals surface area contributed by atoms with Crippen LogP contribution in [0.15, 0.2) is 48.5 Å². The Kier molecular flexibility index (Phi) is 5.19. The smallest absolute Gasteiger partial charge is 0.257 e. The summed E-state index contributed by atoms with van der Waals surface area (Å²) in [6.07, 6.45) is 4.39. The number of aromatic hydroxyl groups is 1. The molecule has 2 aromatic rings. The molecule has 1 fully saturated rings. The molecule has 3 nitrogen and oxygen atoms in total. The highest BCUT2D eigenvalue weighted by atomic mass is 16.3. The molecule has 0 atom stereocenters. The molecule has 1 aliphatic rings. The van der Waals surface area contributed by atoms with E-state index in [1.807, 2.05) is 24.0 Å². The van der Waals surface area contributed by atoms with Crippen molar-refractivity contribution in [2.45, 2.75) is 32.6 Å². The summed E-state index contributed by atoms with van der Waals surface area (Å²) in [4.78, 5) is 14.5. The Hall–Kier alpha value is -2.29. The predicted molar refractivity (Wildman–Crippen MR) is 96.2 cm³/mol. The number of likely N-dealkylation sites (tertiary alicyclic amines) is 1. The van der Waals surface area contributed by atoms with Gasteiger partial charge in [-0.25, -0.2) is 0 Å². The minimum atomic E-state index is -0.0472. The van der Waals surface area contributed by atoms with Crippen molar-refractivity contribution in [1.82, 2.24) is 4.90 Å². The number of amides is 1. The zero-order chi connectivity index (χ0) is 16.9. The zero-order valence-corrected chi connectivity index (χ0v) is 14.2. The lowest BCUT2D eigenvalue weighted by Crippen LogP contribution is -2.38. The fraction of sp³-hybridized carbons (Fsp3) is 0.381. The van der Waals surface area contributed by atoms with E-state index in [9.17, 15) is 9.90 Å². The Morgan fingerprint density at radius 2 is 1.83 bits per heavy atom. The highest BCUT2D eigenvalue weighted by Crippen LogP contribution is 2.26. The van der Waals surface area contributed by atoms with Crippen molar-refractivity contribution in [1.29, 1.82) is 0 Å². The Labute approximate surface area is 143 Å². The lowest BCUT2D eigenvalue weighted by molar-refractivity contribution is 0.0684. The van der Waals surface area contributed by atoms with E-state index < -0.39 is 0 Å². The van der Waals surface area contributed by atoms with Gasteiger partial charge >= 0.3 is 0 Å². The van der Waals surface area contributed by atoms with E-state index in [0.717, 1.165) is 37.9 Å². The van der Waals surface area contributed by atoms with Crippen LogP contribution in [0.25, 0.3) is 0 Å². The first kappa shape index (κ1) is 16.6. The van der Waals surface area contributed by atoms with Gasteiger partial charge < -0.3 is 10.0 Å². The van der Waals surface area contributed by atoms with Gasteiger partial charge in [0.15, 0.2) is 0 Å². The number of phenols is 1. The van der Waals surface area contributed by atoms with Crippen LogP contribution in [-0.2, 0) is 6.42 Å². The van der Waals surface area contributed by atoms with Gasteiger partial charge in [-0.1, -0.05) is 36.4 Å². The number of phenolic OH excluding ortho intramolecular Hbond substituents is 1. The normalized spacial score (nSPS) is 15.5. The van der Waals surface area contributed by atoms with Gasteiger partial charge in [-0.2, -0.15) is 0 Å². The number of hydrogen-bond donors (Lipinski definition) is 1. The van der Waals surface area contributed by atoms with Gasteiger partial charge in [0.1, 0.15) is 5.75 Å². The second kappa shape index (κ2) is 7.52. The van der Waals surface area contributed by atoms with Gasteiger partial charge in [0, 0.05) is 13.1 Å².